The summed E-state index contributed by atoms with van der Waals surface area (Å²) in [6.07, 6.45) is 4.85. The van der Waals surface area contributed by atoms with Crippen LogP contribution in [0.25, 0.3) is 10.9 Å². The number of carbonyl (C=O) groups excluding carboxylic acids is 1. The summed E-state index contributed by atoms with van der Waals surface area (Å²) < 4.78 is 13.3. The first kappa shape index (κ1) is 16.5. The largest absolute Gasteiger partial charge is 0.361 e. The number of aromatic nitrogens is 1. The Morgan fingerprint density at radius 1 is 1.36 bits per heavy atom. The van der Waals surface area contributed by atoms with Crippen LogP contribution < -0.4 is 16.8 Å². The number of benzene rings is 1. The van der Waals surface area contributed by atoms with Crippen LogP contribution in [0, 0.1) is 5.82 Å². The van der Waals surface area contributed by atoms with E-state index in [1.54, 1.807) is 6.07 Å². The van der Waals surface area contributed by atoms with Gasteiger partial charge in [-0.3, -0.25) is 4.79 Å². The number of carbonyl (C=O) groups is 1. The van der Waals surface area contributed by atoms with Gasteiger partial charge in [-0.2, -0.15) is 0 Å². The van der Waals surface area contributed by atoms with Gasteiger partial charge < -0.3 is 21.8 Å². The maximum absolute atomic E-state index is 13.3. The Labute approximate surface area is 129 Å². The van der Waals surface area contributed by atoms with Crippen molar-refractivity contribution in [3.05, 3.63) is 35.8 Å². The number of amides is 1. The van der Waals surface area contributed by atoms with Crippen molar-refractivity contribution in [2.24, 2.45) is 11.5 Å². The number of unbranched alkanes of at least 4 members (excludes halogenated alkanes) is 1. The predicted molar refractivity (Wildman–Crippen MR) is 85.9 cm³/mol. The van der Waals surface area contributed by atoms with E-state index in [-0.39, 0.29) is 11.7 Å². The second-order valence-corrected chi connectivity index (χ2v) is 5.44. The number of H-pyrrole nitrogens is 1. The molecule has 1 aromatic carbocycles. The molecule has 0 unspecified atom stereocenters. The maximum Gasteiger partial charge on any atom is 0.236 e. The summed E-state index contributed by atoms with van der Waals surface area (Å²) >= 11 is 0. The van der Waals surface area contributed by atoms with Gasteiger partial charge in [0.15, 0.2) is 0 Å². The summed E-state index contributed by atoms with van der Waals surface area (Å²) in [5, 5.41) is 3.67. The molecule has 0 aliphatic heterocycles. The summed E-state index contributed by atoms with van der Waals surface area (Å²) in [4.78, 5) is 14.9. The van der Waals surface area contributed by atoms with Crippen LogP contribution >= 0.6 is 0 Å². The molecule has 1 amide bonds. The molecule has 22 heavy (non-hydrogen) atoms. The summed E-state index contributed by atoms with van der Waals surface area (Å²) in [6, 6.07) is 4.14. The SMILES string of the molecule is NCCCC[C@H](N)C(=O)NCCc1c[nH]c2ccc(F)cc12. The van der Waals surface area contributed by atoms with Gasteiger partial charge in [0.2, 0.25) is 5.91 Å². The van der Waals surface area contributed by atoms with Crippen LogP contribution in [0.15, 0.2) is 24.4 Å². The van der Waals surface area contributed by atoms with Crippen LogP contribution in [0.4, 0.5) is 4.39 Å². The molecule has 5 nitrogen and oxygen atoms in total. The Morgan fingerprint density at radius 3 is 2.95 bits per heavy atom. The zero-order valence-electron chi connectivity index (χ0n) is 12.6. The second-order valence-electron chi connectivity index (χ2n) is 5.44. The monoisotopic (exact) mass is 306 g/mol. The standard InChI is InChI=1S/C16H23FN4O/c17-12-4-5-15-13(9-12)11(10-21-15)6-8-20-16(22)14(19)3-1-2-7-18/h4-5,9-10,14,21H,1-3,6-8,18-19H2,(H,20,22)/t14-/m0/s1. The first-order valence-electron chi connectivity index (χ1n) is 7.60. The van der Waals surface area contributed by atoms with E-state index >= 15 is 0 Å². The Balaban J connectivity index is 1.82. The van der Waals surface area contributed by atoms with Crippen molar-refractivity contribution in [1.82, 2.24) is 10.3 Å². The Bertz CT molecular complexity index is 626. The van der Waals surface area contributed by atoms with Crippen LogP contribution in [0.1, 0.15) is 24.8 Å². The smallest absolute Gasteiger partial charge is 0.236 e. The third-order valence-electron chi connectivity index (χ3n) is 3.73. The van der Waals surface area contributed by atoms with Crippen LogP contribution in [-0.2, 0) is 11.2 Å². The Hall–Kier alpha value is -1.92. The van der Waals surface area contributed by atoms with E-state index in [1.807, 2.05) is 6.20 Å². The highest BCUT2D eigenvalue weighted by Gasteiger charge is 2.12. The fourth-order valence-corrected chi connectivity index (χ4v) is 2.45. The molecule has 0 saturated heterocycles. The Kier molecular flexibility index (Phi) is 5.91. The first-order valence-corrected chi connectivity index (χ1v) is 7.60. The molecule has 0 radical (unpaired) electrons. The number of fused-ring (bicyclic) bond motifs is 1. The number of halogens is 1. The number of aromatic amines is 1. The Morgan fingerprint density at radius 2 is 2.18 bits per heavy atom. The zero-order valence-corrected chi connectivity index (χ0v) is 12.6. The number of hydrogen-bond acceptors (Lipinski definition) is 3. The summed E-state index contributed by atoms with van der Waals surface area (Å²) in [5.41, 5.74) is 13.1. The normalized spacial score (nSPS) is 12.5. The molecule has 0 aliphatic rings. The van der Waals surface area contributed by atoms with Gasteiger partial charge in [-0.05, 0) is 49.6 Å². The van der Waals surface area contributed by atoms with Crippen molar-refractivity contribution in [3.63, 3.8) is 0 Å². The topological polar surface area (TPSA) is 96.9 Å². The van der Waals surface area contributed by atoms with E-state index in [0.29, 0.717) is 25.9 Å². The molecule has 2 rings (SSSR count). The third kappa shape index (κ3) is 4.29. The zero-order chi connectivity index (χ0) is 15.9. The lowest BCUT2D eigenvalue weighted by Crippen LogP contribution is -2.41. The molecule has 120 valence electrons. The summed E-state index contributed by atoms with van der Waals surface area (Å²) in [5.74, 6) is -0.414. The number of hydrogen-bond donors (Lipinski definition) is 4. The van der Waals surface area contributed by atoms with Gasteiger partial charge in [-0.1, -0.05) is 6.42 Å². The van der Waals surface area contributed by atoms with Gasteiger partial charge in [0.25, 0.3) is 0 Å². The molecule has 0 saturated carbocycles. The highest BCUT2D eigenvalue weighted by Crippen LogP contribution is 2.19. The van der Waals surface area contributed by atoms with Gasteiger partial charge in [0.1, 0.15) is 5.82 Å². The fraction of sp³-hybridized carbons (Fsp3) is 0.438. The van der Waals surface area contributed by atoms with Crippen molar-refractivity contribution in [1.29, 1.82) is 0 Å². The molecular formula is C16H23FN4O. The highest BCUT2D eigenvalue weighted by atomic mass is 19.1. The van der Waals surface area contributed by atoms with E-state index in [4.69, 9.17) is 11.5 Å². The lowest BCUT2D eigenvalue weighted by atomic mass is 10.1. The fourth-order valence-electron chi connectivity index (χ4n) is 2.45. The summed E-state index contributed by atoms with van der Waals surface area (Å²) in [6.45, 7) is 1.10. The van der Waals surface area contributed by atoms with Gasteiger partial charge in [0.05, 0.1) is 6.04 Å². The molecule has 0 aliphatic carbocycles. The van der Waals surface area contributed by atoms with E-state index < -0.39 is 6.04 Å². The van der Waals surface area contributed by atoms with E-state index in [1.165, 1.54) is 12.1 Å². The molecule has 0 fully saturated rings. The molecule has 6 heteroatoms. The van der Waals surface area contributed by atoms with Crippen molar-refractivity contribution in [2.75, 3.05) is 13.1 Å². The molecule has 0 bridgehead atoms. The van der Waals surface area contributed by atoms with Gasteiger partial charge in [0, 0.05) is 23.6 Å². The van der Waals surface area contributed by atoms with Crippen LogP contribution in [0.2, 0.25) is 0 Å². The van der Waals surface area contributed by atoms with Gasteiger partial charge in [-0.25, -0.2) is 4.39 Å². The van der Waals surface area contributed by atoms with Gasteiger partial charge in [-0.15, -0.1) is 0 Å². The maximum atomic E-state index is 13.3. The van der Waals surface area contributed by atoms with Crippen molar-refractivity contribution in [2.45, 2.75) is 31.7 Å². The van der Waals surface area contributed by atoms with E-state index in [0.717, 1.165) is 29.3 Å². The predicted octanol–water partition coefficient (Wildman–Crippen LogP) is 1.42. The molecule has 1 heterocycles. The number of rotatable bonds is 8. The van der Waals surface area contributed by atoms with E-state index in [2.05, 4.69) is 10.3 Å². The van der Waals surface area contributed by atoms with Crippen LogP contribution in [0.5, 0.6) is 0 Å². The minimum Gasteiger partial charge on any atom is -0.361 e. The minimum atomic E-state index is -0.494. The molecule has 6 N–H and O–H groups in total. The lowest BCUT2D eigenvalue weighted by molar-refractivity contribution is -0.122. The quantitative estimate of drug-likeness (QED) is 0.555. The number of nitrogens with one attached hydrogen (secondary N) is 2. The third-order valence-corrected chi connectivity index (χ3v) is 3.73. The molecular weight excluding hydrogens is 283 g/mol. The average molecular weight is 306 g/mol. The second kappa shape index (κ2) is 7.91. The summed E-state index contributed by atoms with van der Waals surface area (Å²) in [7, 11) is 0. The van der Waals surface area contributed by atoms with E-state index in [9.17, 15) is 9.18 Å². The van der Waals surface area contributed by atoms with Crippen LogP contribution in [-0.4, -0.2) is 30.0 Å². The first-order chi connectivity index (χ1) is 10.6. The highest BCUT2D eigenvalue weighted by molar-refractivity contribution is 5.83. The van der Waals surface area contributed by atoms with Gasteiger partial charge >= 0.3 is 0 Å². The average Bonchev–Trinajstić information content (AvgIpc) is 2.89. The lowest BCUT2D eigenvalue weighted by Gasteiger charge is -2.11. The van der Waals surface area contributed by atoms with Crippen molar-refractivity contribution in [3.8, 4) is 0 Å². The number of nitrogens with two attached hydrogens (primary N) is 2. The molecule has 0 spiro atoms. The molecule has 1 aromatic heterocycles. The van der Waals surface area contributed by atoms with Crippen molar-refractivity contribution >= 4 is 16.8 Å². The van der Waals surface area contributed by atoms with Crippen molar-refractivity contribution < 1.29 is 9.18 Å². The molecule has 2 aromatic rings. The minimum absolute atomic E-state index is 0.150. The molecule has 1 atom stereocenters. The van der Waals surface area contributed by atoms with Crippen LogP contribution in [0.3, 0.4) is 0 Å².